The quantitative estimate of drug-likeness (QED) is 0.525. The highest BCUT2D eigenvalue weighted by atomic mass is 19.1. The van der Waals surface area contributed by atoms with E-state index in [1.165, 1.54) is 6.07 Å². The molecule has 5 nitrogen and oxygen atoms in total. The molecule has 0 amide bonds. The molecule has 0 aliphatic carbocycles. The van der Waals surface area contributed by atoms with Crippen LogP contribution in [0.4, 0.5) is 10.1 Å². The molecule has 1 heterocycles. The minimum atomic E-state index is -0.438. The molecule has 0 aromatic heterocycles. The third kappa shape index (κ3) is 4.16. The lowest BCUT2D eigenvalue weighted by Crippen LogP contribution is -2.14. The molecule has 0 N–H and O–H groups in total. The second-order valence-corrected chi connectivity index (χ2v) is 7.00. The fraction of sp³-hybridized carbons (Fsp3) is 0.364. The Balaban J connectivity index is 1.78. The normalized spacial score (nSPS) is 16.2. The van der Waals surface area contributed by atoms with Crippen molar-refractivity contribution < 1.29 is 14.0 Å². The Hall–Kier alpha value is -2.89. The number of aryl methyl sites for hydroxylation is 2. The lowest BCUT2D eigenvalue weighted by atomic mass is 9.97. The minimum Gasteiger partial charge on any atom is -0.496 e. The number of benzene rings is 2. The molecule has 148 valence electrons. The van der Waals surface area contributed by atoms with Gasteiger partial charge in [0.2, 0.25) is 0 Å². The zero-order valence-corrected chi connectivity index (χ0v) is 17.0. The Morgan fingerprint density at radius 2 is 2.07 bits per heavy atom. The molecule has 0 spiro atoms. The zero-order chi connectivity index (χ0) is 20.3. The van der Waals surface area contributed by atoms with E-state index in [1.807, 2.05) is 50.9 Å². The van der Waals surface area contributed by atoms with Crippen LogP contribution in [-0.2, 0) is 4.84 Å². The lowest BCUT2D eigenvalue weighted by Gasteiger charge is -2.13. The summed E-state index contributed by atoms with van der Waals surface area (Å²) in [6, 6.07) is 9.12. The van der Waals surface area contributed by atoms with Crippen molar-refractivity contribution in [3.63, 3.8) is 0 Å². The van der Waals surface area contributed by atoms with Gasteiger partial charge >= 0.3 is 0 Å². The maximum absolute atomic E-state index is 14.7. The van der Waals surface area contributed by atoms with Crippen LogP contribution in [0.15, 0.2) is 40.5 Å². The highest BCUT2D eigenvalue weighted by Crippen LogP contribution is 2.34. The van der Waals surface area contributed by atoms with E-state index in [1.54, 1.807) is 19.5 Å². The molecule has 0 fully saturated rings. The van der Waals surface area contributed by atoms with Crippen LogP contribution in [0.25, 0.3) is 0 Å². The summed E-state index contributed by atoms with van der Waals surface area (Å²) >= 11 is 0. The van der Waals surface area contributed by atoms with Crippen molar-refractivity contribution in [3.8, 4) is 5.75 Å². The first-order valence-corrected chi connectivity index (χ1v) is 9.35. The number of ether oxygens (including phenoxy) is 1. The average molecular weight is 383 g/mol. The molecule has 0 radical (unpaired) electrons. The van der Waals surface area contributed by atoms with Crippen molar-refractivity contribution in [2.75, 3.05) is 20.7 Å². The summed E-state index contributed by atoms with van der Waals surface area (Å²) in [6.45, 7) is 6.77. The fourth-order valence-corrected chi connectivity index (χ4v) is 3.09. The van der Waals surface area contributed by atoms with Gasteiger partial charge in [0.25, 0.3) is 0 Å². The van der Waals surface area contributed by atoms with E-state index in [-0.39, 0.29) is 5.82 Å². The van der Waals surface area contributed by atoms with Gasteiger partial charge < -0.3 is 14.5 Å². The number of oxime groups is 1. The SMILES string of the molecule is CCN(C)C=Nc1cc(F)c(C2CC(c3ccc(OC)c(C)c3)=NO2)cc1C. The van der Waals surface area contributed by atoms with Gasteiger partial charge in [-0.05, 0) is 61.7 Å². The molecule has 1 atom stereocenters. The fourth-order valence-electron chi connectivity index (χ4n) is 3.09. The average Bonchev–Trinajstić information content (AvgIpc) is 3.17. The Labute approximate surface area is 165 Å². The predicted octanol–water partition coefficient (Wildman–Crippen LogP) is 4.93. The summed E-state index contributed by atoms with van der Waals surface area (Å²) in [5, 5.41) is 4.20. The zero-order valence-electron chi connectivity index (χ0n) is 17.0. The first-order valence-electron chi connectivity index (χ1n) is 9.35. The van der Waals surface area contributed by atoms with Crippen molar-refractivity contribution in [1.29, 1.82) is 0 Å². The molecular formula is C22H26FN3O2. The Kier molecular flexibility index (Phi) is 5.97. The number of methoxy groups -OCH3 is 1. The summed E-state index contributed by atoms with van der Waals surface area (Å²) in [7, 11) is 3.57. The minimum absolute atomic E-state index is 0.329. The summed E-state index contributed by atoms with van der Waals surface area (Å²) in [4.78, 5) is 11.9. The maximum atomic E-state index is 14.7. The smallest absolute Gasteiger partial charge is 0.161 e. The van der Waals surface area contributed by atoms with E-state index in [0.29, 0.717) is 17.7 Å². The van der Waals surface area contributed by atoms with Gasteiger partial charge in [-0.25, -0.2) is 9.38 Å². The van der Waals surface area contributed by atoms with E-state index in [4.69, 9.17) is 9.57 Å². The van der Waals surface area contributed by atoms with Crippen molar-refractivity contribution in [2.45, 2.75) is 33.3 Å². The summed E-state index contributed by atoms with van der Waals surface area (Å²) in [5.41, 5.74) is 4.80. The number of rotatable bonds is 6. The molecule has 1 aliphatic rings. The highest BCUT2D eigenvalue weighted by molar-refractivity contribution is 6.01. The van der Waals surface area contributed by atoms with Gasteiger partial charge in [-0.1, -0.05) is 5.16 Å². The van der Waals surface area contributed by atoms with E-state index in [0.717, 1.165) is 34.7 Å². The molecule has 1 unspecified atom stereocenters. The standard InChI is InChI=1S/C22H26FN3O2/c1-6-26(4)13-24-19-11-18(23)17(10-14(19)2)22-12-20(25-28-22)16-7-8-21(27-5)15(3)9-16/h7-11,13,22H,6,12H2,1-5H3. The molecule has 0 bridgehead atoms. The predicted molar refractivity (Wildman–Crippen MR) is 110 cm³/mol. The molecule has 2 aromatic carbocycles. The summed E-state index contributed by atoms with van der Waals surface area (Å²) < 4.78 is 20.0. The Morgan fingerprint density at radius 3 is 2.75 bits per heavy atom. The molecule has 2 aromatic rings. The molecule has 0 saturated heterocycles. The van der Waals surface area contributed by atoms with Gasteiger partial charge in [0.1, 0.15) is 11.6 Å². The van der Waals surface area contributed by atoms with Gasteiger partial charge in [-0.2, -0.15) is 0 Å². The first-order chi connectivity index (χ1) is 13.4. The molecule has 3 rings (SSSR count). The van der Waals surface area contributed by atoms with Crippen LogP contribution >= 0.6 is 0 Å². The number of nitrogens with zero attached hydrogens (tertiary/aromatic N) is 3. The van der Waals surface area contributed by atoms with Crippen LogP contribution in [0, 0.1) is 19.7 Å². The molecular weight excluding hydrogens is 357 g/mol. The van der Waals surface area contributed by atoms with Gasteiger partial charge in [0.15, 0.2) is 6.10 Å². The number of aliphatic imine (C=N–C) groups is 1. The Morgan fingerprint density at radius 1 is 1.29 bits per heavy atom. The largest absolute Gasteiger partial charge is 0.496 e. The van der Waals surface area contributed by atoms with Crippen LogP contribution in [0.3, 0.4) is 0 Å². The van der Waals surface area contributed by atoms with E-state index in [9.17, 15) is 4.39 Å². The van der Waals surface area contributed by atoms with Crippen LogP contribution in [-0.4, -0.2) is 37.7 Å². The second kappa shape index (κ2) is 8.42. The topological polar surface area (TPSA) is 46.4 Å². The molecule has 6 heteroatoms. The highest BCUT2D eigenvalue weighted by Gasteiger charge is 2.27. The third-order valence-corrected chi connectivity index (χ3v) is 4.95. The number of halogens is 1. The molecule has 28 heavy (non-hydrogen) atoms. The van der Waals surface area contributed by atoms with Crippen LogP contribution in [0.2, 0.25) is 0 Å². The van der Waals surface area contributed by atoms with Crippen LogP contribution in [0.1, 0.15) is 41.7 Å². The van der Waals surface area contributed by atoms with Crippen molar-refractivity contribution in [2.24, 2.45) is 10.1 Å². The van der Waals surface area contributed by atoms with Crippen molar-refractivity contribution in [3.05, 3.63) is 58.4 Å². The monoisotopic (exact) mass is 383 g/mol. The van der Waals surface area contributed by atoms with Gasteiger partial charge in [0.05, 0.1) is 24.8 Å². The number of hydrogen-bond donors (Lipinski definition) is 0. The second-order valence-electron chi connectivity index (χ2n) is 7.00. The van der Waals surface area contributed by atoms with E-state index < -0.39 is 6.10 Å². The summed E-state index contributed by atoms with van der Waals surface area (Å²) in [5.74, 6) is 0.496. The Bertz CT molecular complexity index is 924. The van der Waals surface area contributed by atoms with E-state index in [2.05, 4.69) is 10.1 Å². The van der Waals surface area contributed by atoms with Crippen LogP contribution in [0.5, 0.6) is 5.75 Å². The molecule has 0 saturated carbocycles. The van der Waals surface area contributed by atoms with E-state index >= 15 is 0 Å². The molecule has 1 aliphatic heterocycles. The maximum Gasteiger partial charge on any atom is 0.161 e. The first kappa shape index (κ1) is 19.9. The number of hydrogen-bond acceptors (Lipinski definition) is 4. The third-order valence-electron chi connectivity index (χ3n) is 4.95. The summed E-state index contributed by atoms with van der Waals surface area (Å²) in [6.07, 6.45) is 1.79. The van der Waals surface area contributed by atoms with Crippen molar-refractivity contribution in [1.82, 2.24) is 4.90 Å². The van der Waals surface area contributed by atoms with Crippen LogP contribution < -0.4 is 4.74 Å². The van der Waals surface area contributed by atoms with Crippen molar-refractivity contribution >= 4 is 17.7 Å². The van der Waals surface area contributed by atoms with Gasteiger partial charge in [0, 0.05) is 31.6 Å². The van der Waals surface area contributed by atoms with Gasteiger partial charge in [-0.3, -0.25) is 0 Å². The lowest BCUT2D eigenvalue weighted by molar-refractivity contribution is 0.0829. The van der Waals surface area contributed by atoms with Gasteiger partial charge in [-0.15, -0.1) is 0 Å².